The van der Waals surface area contributed by atoms with Gasteiger partial charge in [-0.1, -0.05) is 37.3 Å². The lowest BCUT2D eigenvalue weighted by molar-refractivity contribution is -0.131. The predicted molar refractivity (Wildman–Crippen MR) is 67.4 cm³/mol. The molecule has 1 heterocycles. The van der Waals surface area contributed by atoms with Crippen LogP contribution in [0.2, 0.25) is 0 Å². The van der Waals surface area contributed by atoms with Gasteiger partial charge in [-0.15, -0.1) is 0 Å². The normalized spacial score (nSPS) is 23.3. The lowest BCUT2D eigenvalue weighted by atomic mass is 9.89. The van der Waals surface area contributed by atoms with Crippen molar-refractivity contribution in [2.45, 2.75) is 31.7 Å². The Morgan fingerprint density at radius 3 is 2.44 bits per heavy atom. The van der Waals surface area contributed by atoms with E-state index in [1.165, 1.54) is 0 Å². The Balaban J connectivity index is 2.11. The summed E-state index contributed by atoms with van der Waals surface area (Å²) in [4.78, 5) is 23.4. The van der Waals surface area contributed by atoms with E-state index < -0.39 is 11.6 Å². The summed E-state index contributed by atoms with van der Waals surface area (Å²) >= 11 is 0. The van der Waals surface area contributed by atoms with E-state index in [1.807, 2.05) is 37.3 Å². The standard InChI is InChI=1S/C13H17N3O2/c1-2-13(11(17)16(14)12(18)15-13)9-8-10-6-4-3-5-7-10/h3-7H,2,8-9,14H2,1H3,(H,15,18)/t13-/m1/s1. The largest absolute Gasteiger partial charge is 0.339 e. The molecule has 1 aliphatic heterocycles. The molecule has 0 aromatic heterocycles. The molecule has 18 heavy (non-hydrogen) atoms. The third-order valence-corrected chi connectivity index (χ3v) is 3.48. The van der Waals surface area contributed by atoms with Crippen LogP contribution in [0.15, 0.2) is 30.3 Å². The van der Waals surface area contributed by atoms with E-state index in [0.717, 1.165) is 12.0 Å². The van der Waals surface area contributed by atoms with Gasteiger partial charge in [-0.2, -0.15) is 5.01 Å². The maximum Gasteiger partial charge on any atom is 0.339 e. The average molecular weight is 247 g/mol. The molecule has 1 aliphatic rings. The molecule has 0 saturated carbocycles. The highest BCUT2D eigenvalue weighted by Crippen LogP contribution is 2.25. The lowest BCUT2D eigenvalue weighted by Crippen LogP contribution is -2.47. The van der Waals surface area contributed by atoms with Crippen molar-refractivity contribution in [1.29, 1.82) is 0 Å². The molecule has 1 atom stereocenters. The smallest absolute Gasteiger partial charge is 0.322 e. The SMILES string of the molecule is CC[C@]1(CCc2ccccc2)NC(=O)N(N)C1=O. The number of carbonyl (C=O) groups is 2. The molecule has 0 aliphatic carbocycles. The van der Waals surface area contributed by atoms with E-state index in [1.54, 1.807) is 0 Å². The van der Waals surface area contributed by atoms with E-state index >= 15 is 0 Å². The number of hydrogen-bond acceptors (Lipinski definition) is 3. The summed E-state index contributed by atoms with van der Waals surface area (Å²) in [6.45, 7) is 1.88. The van der Waals surface area contributed by atoms with Gasteiger partial charge in [0.15, 0.2) is 0 Å². The van der Waals surface area contributed by atoms with Crippen LogP contribution in [0.3, 0.4) is 0 Å². The number of rotatable bonds is 4. The van der Waals surface area contributed by atoms with Crippen LogP contribution in [0.1, 0.15) is 25.3 Å². The number of amides is 3. The highest BCUT2D eigenvalue weighted by molar-refractivity contribution is 6.06. The van der Waals surface area contributed by atoms with Gasteiger partial charge in [-0.25, -0.2) is 10.6 Å². The van der Waals surface area contributed by atoms with Crippen LogP contribution in [0, 0.1) is 0 Å². The van der Waals surface area contributed by atoms with Crippen molar-refractivity contribution in [2.24, 2.45) is 5.84 Å². The van der Waals surface area contributed by atoms with Gasteiger partial charge in [-0.05, 0) is 24.8 Å². The van der Waals surface area contributed by atoms with Crippen molar-refractivity contribution in [3.63, 3.8) is 0 Å². The van der Waals surface area contributed by atoms with Crippen molar-refractivity contribution in [3.05, 3.63) is 35.9 Å². The van der Waals surface area contributed by atoms with Crippen LogP contribution < -0.4 is 11.2 Å². The molecule has 1 fully saturated rings. The van der Waals surface area contributed by atoms with Gasteiger partial charge in [0.25, 0.3) is 5.91 Å². The van der Waals surface area contributed by atoms with Crippen LogP contribution in [-0.4, -0.2) is 22.5 Å². The van der Waals surface area contributed by atoms with Crippen LogP contribution >= 0.6 is 0 Å². The second kappa shape index (κ2) is 4.78. The molecule has 0 unspecified atom stereocenters. The summed E-state index contributed by atoms with van der Waals surface area (Å²) in [5, 5.41) is 3.37. The molecule has 1 saturated heterocycles. The second-order valence-corrected chi connectivity index (χ2v) is 4.53. The Morgan fingerprint density at radius 1 is 1.28 bits per heavy atom. The van der Waals surface area contributed by atoms with E-state index in [-0.39, 0.29) is 5.91 Å². The molecule has 96 valence electrons. The number of hydrogen-bond donors (Lipinski definition) is 2. The first-order chi connectivity index (χ1) is 8.59. The minimum atomic E-state index is -0.846. The number of nitrogens with two attached hydrogens (primary N) is 1. The molecule has 0 bridgehead atoms. The van der Waals surface area contributed by atoms with Crippen LogP contribution in [0.4, 0.5) is 4.79 Å². The maximum atomic E-state index is 12.0. The topological polar surface area (TPSA) is 75.4 Å². The summed E-state index contributed by atoms with van der Waals surface area (Å²) in [7, 11) is 0. The Morgan fingerprint density at radius 2 is 1.94 bits per heavy atom. The first-order valence-electron chi connectivity index (χ1n) is 6.04. The molecule has 2 rings (SSSR count). The van der Waals surface area contributed by atoms with Crippen LogP contribution in [0.25, 0.3) is 0 Å². The van der Waals surface area contributed by atoms with E-state index in [2.05, 4.69) is 5.32 Å². The molecule has 1 aromatic rings. The number of hydrazine groups is 1. The van der Waals surface area contributed by atoms with Crippen molar-refractivity contribution in [3.8, 4) is 0 Å². The van der Waals surface area contributed by atoms with E-state index in [9.17, 15) is 9.59 Å². The third kappa shape index (κ3) is 2.09. The number of carbonyl (C=O) groups excluding carboxylic acids is 2. The monoisotopic (exact) mass is 247 g/mol. The van der Waals surface area contributed by atoms with Crippen LogP contribution in [-0.2, 0) is 11.2 Å². The molecule has 0 radical (unpaired) electrons. The zero-order chi connectivity index (χ0) is 13.2. The summed E-state index contributed by atoms with van der Waals surface area (Å²) in [5.41, 5.74) is 0.296. The maximum absolute atomic E-state index is 12.0. The fourth-order valence-electron chi connectivity index (χ4n) is 2.23. The summed E-state index contributed by atoms with van der Waals surface area (Å²) < 4.78 is 0. The van der Waals surface area contributed by atoms with Crippen molar-refractivity contribution in [2.75, 3.05) is 0 Å². The molecule has 5 heteroatoms. The van der Waals surface area contributed by atoms with Gasteiger partial charge >= 0.3 is 6.03 Å². The molecule has 0 spiro atoms. The molecule has 3 amide bonds. The Hall–Kier alpha value is -1.88. The Kier molecular flexibility index (Phi) is 3.34. The zero-order valence-electron chi connectivity index (χ0n) is 10.3. The number of benzene rings is 1. The van der Waals surface area contributed by atoms with E-state index in [4.69, 9.17) is 5.84 Å². The van der Waals surface area contributed by atoms with E-state index in [0.29, 0.717) is 17.9 Å². The molecule has 1 aromatic carbocycles. The van der Waals surface area contributed by atoms with Crippen molar-refractivity contribution in [1.82, 2.24) is 10.3 Å². The number of aryl methyl sites for hydroxylation is 1. The predicted octanol–water partition coefficient (Wildman–Crippen LogP) is 1.19. The number of nitrogens with one attached hydrogen (secondary N) is 1. The Bertz CT molecular complexity index is 461. The first-order valence-corrected chi connectivity index (χ1v) is 6.04. The molecule has 3 N–H and O–H groups in total. The molecular weight excluding hydrogens is 230 g/mol. The second-order valence-electron chi connectivity index (χ2n) is 4.53. The van der Waals surface area contributed by atoms with Gasteiger partial charge in [0.05, 0.1) is 0 Å². The zero-order valence-corrected chi connectivity index (χ0v) is 10.3. The third-order valence-electron chi connectivity index (χ3n) is 3.48. The quantitative estimate of drug-likeness (QED) is 0.477. The lowest BCUT2D eigenvalue weighted by Gasteiger charge is -2.24. The fourth-order valence-corrected chi connectivity index (χ4v) is 2.23. The van der Waals surface area contributed by atoms with Gasteiger partial charge in [0.1, 0.15) is 5.54 Å². The summed E-state index contributed by atoms with van der Waals surface area (Å²) in [5.74, 6) is 5.07. The Labute approximate surface area is 106 Å². The fraction of sp³-hybridized carbons (Fsp3) is 0.385. The number of urea groups is 1. The molecule has 5 nitrogen and oxygen atoms in total. The highest BCUT2D eigenvalue weighted by Gasteiger charge is 2.48. The van der Waals surface area contributed by atoms with Gasteiger partial charge in [-0.3, -0.25) is 4.79 Å². The van der Waals surface area contributed by atoms with Gasteiger partial charge < -0.3 is 5.32 Å². The van der Waals surface area contributed by atoms with Gasteiger partial charge in [0.2, 0.25) is 0 Å². The number of imide groups is 1. The van der Waals surface area contributed by atoms with Crippen molar-refractivity contribution >= 4 is 11.9 Å². The highest BCUT2D eigenvalue weighted by atomic mass is 16.2. The molecular formula is C13H17N3O2. The van der Waals surface area contributed by atoms with Gasteiger partial charge in [0, 0.05) is 0 Å². The van der Waals surface area contributed by atoms with Crippen LogP contribution in [0.5, 0.6) is 0 Å². The number of nitrogens with zero attached hydrogens (tertiary/aromatic N) is 1. The minimum absolute atomic E-state index is 0.342. The summed E-state index contributed by atoms with van der Waals surface area (Å²) in [6.07, 6.45) is 1.83. The first kappa shape index (κ1) is 12.6. The van der Waals surface area contributed by atoms with Crippen molar-refractivity contribution < 1.29 is 9.59 Å². The average Bonchev–Trinajstić information content (AvgIpc) is 2.63. The summed E-state index contributed by atoms with van der Waals surface area (Å²) in [6, 6.07) is 9.35. The minimum Gasteiger partial charge on any atom is -0.322 e.